The molecule has 5 heteroatoms. The summed E-state index contributed by atoms with van der Waals surface area (Å²) in [7, 11) is 0. The minimum absolute atomic E-state index is 0.0971. The van der Waals surface area contributed by atoms with E-state index in [0.29, 0.717) is 17.8 Å². The second-order valence-electron chi connectivity index (χ2n) is 4.92. The van der Waals surface area contributed by atoms with Crippen molar-refractivity contribution in [1.82, 2.24) is 14.8 Å². The van der Waals surface area contributed by atoms with Gasteiger partial charge in [-0.15, -0.1) is 0 Å². The van der Waals surface area contributed by atoms with Crippen LogP contribution in [0.5, 0.6) is 0 Å². The average Bonchev–Trinajstić information content (AvgIpc) is 2.73. The maximum atomic E-state index is 12.1. The molecule has 112 valence electrons. The molecule has 5 nitrogen and oxygen atoms in total. The summed E-state index contributed by atoms with van der Waals surface area (Å²) in [5.74, 6) is -0.0971. The Labute approximate surface area is 120 Å². The molecule has 1 aromatic rings. The van der Waals surface area contributed by atoms with Crippen LogP contribution in [0.2, 0.25) is 0 Å². The number of nitrogens with zero attached hydrogens (tertiary/aromatic N) is 2. The quantitative estimate of drug-likeness (QED) is 0.581. The van der Waals surface area contributed by atoms with Gasteiger partial charge in [0.25, 0.3) is 5.91 Å². The van der Waals surface area contributed by atoms with Crippen LogP contribution in [0.25, 0.3) is 0 Å². The van der Waals surface area contributed by atoms with Crippen molar-refractivity contribution in [1.29, 1.82) is 0 Å². The SMILES string of the molecule is CCN(CC)CCCNC(=O)c1c(C)cn(C=O)c1C. The van der Waals surface area contributed by atoms with Crippen LogP contribution < -0.4 is 5.32 Å². The Morgan fingerprint density at radius 2 is 2.00 bits per heavy atom. The minimum atomic E-state index is -0.0971. The maximum Gasteiger partial charge on any atom is 0.253 e. The molecule has 0 saturated heterocycles. The Balaban J connectivity index is 2.51. The number of nitrogens with one attached hydrogen (secondary N) is 1. The Morgan fingerprint density at radius 1 is 1.35 bits per heavy atom. The first-order valence-electron chi connectivity index (χ1n) is 7.18. The van der Waals surface area contributed by atoms with Crippen LogP contribution in [0.4, 0.5) is 0 Å². The molecule has 1 aromatic heterocycles. The van der Waals surface area contributed by atoms with Gasteiger partial charge in [0.1, 0.15) is 0 Å². The second-order valence-corrected chi connectivity index (χ2v) is 4.92. The molecule has 0 aromatic carbocycles. The Kier molecular flexibility index (Phi) is 6.45. The van der Waals surface area contributed by atoms with Crippen molar-refractivity contribution in [2.24, 2.45) is 0 Å². The van der Waals surface area contributed by atoms with Crippen molar-refractivity contribution in [2.75, 3.05) is 26.2 Å². The first kappa shape index (κ1) is 16.4. The molecule has 20 heavy (non-hydrogen) atoms. The van der Waals surface area contributed by atoms with E-state index in [4.69, 9.17) is 0 Å². The van der Waals surface area contributed by atoms with Crippen molar-refractivity contribution in [3.8, 4) is 0 Å². The Morgan fingerprint density at radius 3 is 2.50 bits per heavy atom. The van der Waals surface area contributed by atoms with E-state index in [9.17, 15) is 9.59 Å². The van der Waals surface area contributed by atoms with Crippen molar-refractivity contribution in [2.45, 2.75) is 34.1 Å². The molecule has 0 saturated carbocycles. The lowest BCUT2D eigenvalue weighted by atomic mass is 10.1. The number of hydrogen-bond donors (Lipinski definition) is 1. The minimum Gasteiger partial charge on any atom is -0.352 e. The van der Waals surface area contributed by atoms with Gasteiger partial charge in [0.15, 0.2) is 0 Å². The summed E-state index contributed by atoms with van der Waals surface area (Å²) in [5, 5.41) is 2.93. The largest absolute Gasteiger partial charge is 0.352 e. The summed E-state index contributed by atoms with van der Waals surface area (Å²) in [5.41, 5.74) is 2.13. The zero-order valence-corrected chi connectivity index (χ0v) is 12.9. The highest BCUT2D eigenvalue weighted by molar-refractivity contribution is 5.97. The van der Waals surface area contributed by atoms with E-state index in [1.807, 2.05) is 6.92 Å². The van der Waals surface area contributed by atoms with Crippen LogP contribution in [0.1, 0.15) is 41.9 Å². The summed E-state index contributed by atoms with van der Waals surface area (Å²) >= 11 is 0. The maximum absolute atomic E-state index is 12.1. The fourth-order valence-electron chi connectivity index (χ4n) is 2.37. The lowest BCUT2D eigenvalue weighted by Gasteiger charge is -2.17. The molecule has 0 unspecified atom stereocenters. The Bertz CT molecular complexity index is 462. The fraction of sp³-hybridized carbons (Fsp3) is 0.600. The van der Waals surface area contributed by atoms with E-state index >= 15 is 0 Å². The molecule has 0 atom stereocenters. The number of aromatic nitrogens is 1. The van der Waals surface area contributed by atoms with Gasteiger partial charge in [-0.25, -0.2) is 0 Å². The molecule has 1 heterocycles. The standard InChI is InChI=1S/C15H25N3O2/c1-5-17(6-2)9-7-8-16-15(20)14-12(3)10-18(11-19)13(14)4/h10-11H,5-9H2,1-4H3,(H,16,20). The molecular formula is C15H25N3O2. The van der Waals surface area contributed by atoms with E-state index in [0.717, 1.165) is 38.0 Å². The first-order valence-corrected chi connectivity index (χ1v) is 7.18. The predicted molar refractivity (Wildman–Crippen MR) is 80.8 cm³/mol. The number of rotatable bonds is 8. The van der Waals surface area contributed by atoms with Crippen molar-refractivity contribution >= 4 is 12.3 Å². The number of amides is 1. The monoisotopic (exact) mass is 279 g/mol. The molecule has 1 amide bonds. The summed E-state index contributed by atoms with van der Waals surface area (Å²) in [4.78, 5) is 25.3. The number of aryl methyl sites for hydroxylation is 1. The van der Waals surface area contributed by atoms with Gasteiger partial charge < -0.3 is 10.2 Å². The van der Waals surface area contributed by atoms with Crippen LogP contribution in [0.3, 0.4) is 0 Å². The molecule has 1 rings (SSSR count). The zero-order valence-electron chi connectivity index (χ0n) is 12.9. The third kappa shape index (κ3) is 3.93. The van der Waals surface area contributed by atoms with Crippen LogP contribution in [0, 0.1) is 13.8 Å². The lowest BCUT2D eigenvalue weighted by molar-refractivity contribution is 0.0950. The predicted octanol–water partition coefficient (Wildman–Crippen LogP) is 1.60. The van der Waals surface area contributed by atoms with E-state index in [1.54, 1.807) is 13.1 Å². The van der Waals surface area contributed by atoms with Crippen LogP contribution in [-0.2, 0) is 4.79 Å². The van der Waals surface area contributed by atoms with E-state index < -0.39 is 0 Å². The van der Waals surface area contributed by atoms with Crippen molar-refractivity contribution < 1.29 is 9.59 Å². The first-order chi connectivity index (χ1) is 9.54. The lowest BCUT2D eigenvalue weighted by Crippen LogP contribution is -2.30. The third-order valence-electron chi connectivity index (χ3n) is 3.65. The van der Waals surface area contributed by atoms with Crippen LogP contribution >= 0.6 is 0 Å². The van der Waals surface area contributed by atoms with E-state index in [-0.39, 0.29) is 5.91 Å². The smallest absolute Gasteiger partial charge is 0.253 e. The number of carbonyl (C=O) groups excluding carboxylic acids is 2. The van der Waals surface area contributed by atoms with Gasteiger partial charge in [-0.3, -0.25) is 14.2 Å². The molecule has 0 spiro atoms. The fourth-order valence-corrected chi connectivity index (χ4v) is 2.37. The van der Waals surface area contributed by atoms with Gasteiger partial charge >= 0.3 is 0 Å². The molecule has 0 aliphatic heterocycles. The normalized spacial score (nSPS) is 10.8. The van der Waals surface area contributed by atoms with Crippen molar-refractivity contribution in [3.05, 3.63) is 23.0 Å². The van der Waals surface area contributed by atoms with Crippen LogP contribution in [0.15, 0.2) is 6.20 Å². The molecule has 0 aliphatic rings. The van der Waals surface area contributed by atoms with Crippen LogP contribution in [-0.4, -0.2) is 48.0 Å². The summed E-state index contributed by atoms with van der Waals surface area (Å²) < 4.78 is 1.44. The summed E-state index contributed by atoms with van der Waals surface area (Å²) in [6.45, 7) is 11.6. The molecule has 0 bridgehead atoms. The molecule has 0 radical (unpaired) electrons. The van der Waals surface area contributed by atoms with Gasteiger partial charge in [-0.1, -0.05) is 13.8 Å². The van der Waals surface area contributed by atoms with Gasteiger partial charge in [0.2, 0.25) is 6.41 Å². The molecule has 0 fully saturated rings. The zero-order chi connectivity index (χ0) is 15.1. The average molecular weight is 279 g/mol. The van der Waals surface area contributed by atoms with Gasteiger partial charge in [-0.2, -0.15) is 0 Å². The van der Waals surface area contributed by atoms with Gasteiger partial charge in [0, 0.05) is 18.4 Å². The molecular weight excluding hydrogens is 254 g/mol. The molecule has 1 N–H and O–H groups in total. The van der Waals surface area contributed by atoms with Gasteiger partial charge in [-0.05, 0) is 45.5 Å². The second kappa shape index (κ2) is 7.85. The summed E-state index contributed by atoms with van der Waals surface area (Å²) in [6.07, 6.45) is 3.34. The summed E-state index contributed by atoms with van der Waals surface area (Å²) in [6, 6.07) is 0. The number of hydrogen-bond acceptors (Lipinski definition) is 3. The highest BCUT2D eigenvalue weighted by Gasteiger charge is 2.16. The number of carbonyl (C=O) groups is 2. The highest BCUT2D eigenvalue weighted by Crippen LogP contribution is 2.14. The Hall–Kier alpha value is -1.62. The van der Waals surface area contributed by atoms with Crippen molar-refractivity contribution in [3.63, 3.8) is 0 Å². The van der Waals surface area contributed by atoms with E-state index in [1.165, 1.54) is 4.57 Å². The molecule has 0 aliphatic carbocycles. The van der Waals surface area contributed by atoms with Gasteiger partial charge in [0.05, 0.1) is 5.56 Å². The third-order valence-corrected chi connectivity index (χ3v) is 3.65. The topological polar surface area (TPSA) is 54.3 Å². The highest BCUT2D eigenvalue weighted by atomic mass is 16.2. The van der Waals surface area contributed by atoms with E-state index in [2.05, 4.69) is 24.1 Å².